The maximum atomic E-state index is 13.5. The largest absolute Gasteiger partial charge is 0.299 e. The summed E-state index contributed by atoms with van der Waals surface area (Å²) in [5.74, 6) is -0.509. The average Bonchev–Trinajstić information content (AvgIpc) is 3.26. The Hall–Kier alpha value is -3.56. The molecule has 0 radical (unpaired) electrons. The van der Waals surface area contributed by atoms with Gasteiger partial charge < -0.3 is 0 Å². The summed E-state index contributed by atoms with van der Waals surface area (Å²) in [6.07, 6.45) is 0. The van der Waals surface area contributed by atoms with Gasteiger partial charge >= 0.3 is 0 Å². The Bertz CT molecular complexity index is 1400. The van der Waals surface area contributed by atoms with Crippen molar-refractivity contribution in [3.8, 4) is 10.6 Å². The lowest BCUT2D eigenvalue weighted by Crippen LogP contribution is -2.38. The molecule has 0 aliphatic rings. The normalized spacial score (nSPS) is 11.3. The van der Waals surface area contributed by atoms with Crippen LogP contribution in [0.1, 0.15) is 16.7 Å². The first kappa shape index (κ1) is 23.6. The van der Waals surface area contributed by atoms with Crippen LogP contribution in [0.5, 0.6) is 0 Å². The second kappa shape index (κ2) is 9.74. The molecule has 1 N–H and O–H groups in total. The van der Waals surface area contributed by atoms with Crippen LogP contribution in [0.2, 0.25) is 0 Å². The number of hydrogen-bond acceptors (Lipinski definition) is 6. The molecule has 0 aliphatic heterocycles. The molecule has 9 heteroatoms. The molecule has 1 heterocycles. The summed E-state index contributed by atoms with van der Waals surface area (Å²) in [7, 11) is -3.98. The number of carbonyl (C=O) groups is 1. The molecule has 0 spiro atoms. The van der Waals surface area contributed by atoms with E-state index in [1.807, 2.05) is 51.1 Å². The monoisotopic (exact) mass is 492 g/mol. The highest BCUT2D eigenvalue weighted by molar-refractivity contribution is 7.92. The van der Waals surface area contributed by atoms with Gasteiger partial charge in [0.1, 0.15) is 11.6 Å². The summed E-state index contributed by atoms with van der Waals surface area (Å²) in [6, 6.07) is 21.4. The molecule has 3 aromatic carbocycles. The Morgan fingerprint density at radius 1 is 0.882 bits per heavy atom. The fourth-order valence-corrected chi connectivity index (χ4v) is 5.70. The Balaban J connectivity index is 1.60. The quantitative estimate of drug-likeness (QED) is 0.393. The van der Waals surface area contributed by atoms with Crippen molar-refractivity contribution in [1.29, 1.82) is 0 Å². The summed E-state index contributed by atoms with van der Waals surface area (Å²) < 4.78 is 28.1. The van der Waals surface area contributed by atoms with Crippen molar-refractivity contribution >= 4 is 38.1 Å². The minimum atomic E-state index is -3.98. The molecular weight excluding hydrogens is 468 g/mol. The zero-order valence-electron chi connectivity index (χ0n) is 19.0. The lowest BCUT2D eigenvalue weighted by molar-refractivity contribution is -0.114. The van der Waals surface area contributed by atoms with E-state index in [4.69, 9.17) is 0 Å². The Morgan fingerprint density at radius 3 is 2.18 bits per heavy atom. The van der Waals surface area contributed by atoms with E-state index in [0.717, 1.165) is 26.6 Å². The molecule has 0 atom stereocenters. The number of nitrogens with zero attached hydrogens (tertiary/aromatic N) is 3. The van der Waals surface area contributed by atoms with E-state index < -0.39 is 22.5 Å². The number of rotatable bonds is 7. The second-order valence-corrected chi connectivity index (χ2v) is 10.8. The summed E-state index contributed by atoms with van der Waals surface area (Å²) >= 11 is 1.23. The van der Waals surface area contributed by atoms with Crippen LogP contribution < -0.4 is 9.62 Å². The number of aryl methyl sites for hydroxylation is 3. The predicted octanol–water partition coefficient (Wildman–Crippen LogP) is 4.96. The number of anilines is 2. The summed E-state index contributed by atoms with van der Waals surface area (Å²) in [5, 5.41) is 11.9. The summed E-state index contributed by atoms with van der Waals surface area (Å²) in [6.45, 7) is 5.37. The fourth-order valence-electron chi connectivity index (χ4n) is 3.51. The molecule has 4 rings (SSSR count). The fraction of sp³-hybridized carbons (Fsp3) is 0.160. The van der Waals surface area contributed by atoms with Gasteiger partial charge in [-0.15, -0.1) is 10.2 Å². The van der Waals surface area contributed by atoms with Crippen LogP contribution in [0.4, 0.5) is 10.8 Å². The first-order chi connectivity index (χ1) is 16.2. The number of aromatic nitrogens is 2. The minimum absolute atomic E-state index is 0.111. The van der Waals surface area contributed by atoms with Crippen molar-refractivity contribution in [2.75, 3.05) is 16.2 Å². The van der Waals surface area contributed by atoms with Gasteiger partial charge in [-0.2, -0.15) is 0 Å². The van der Waals surface area contributed by atoms with Crippen LogP contribution in [0.25, 0.3) is 10.6 Å². The van der Waals surface area contributed by atoms with Gasteiger partial charge in [-0.1, -0.05) is 65.4 Å². The molecule has 1 aromatic heterocycles. The summed E-state index contributed by atoms with van der Waals surface area (Å²) in [4.78, 5) is 13.1. The van der Waals surface area contributed by atoms with Crippen LogP contribution in [-0.2, 0) is 14.8 Å². The van der Waals surface area contributed by atoms with Crippen molar-refractivity contribution in [2.45, 2.75) is 25.7 Å². The Kier molecular flexibility index (Phi) is 6.76. The van der Waals surface area contributed by atoms with Crippen LogP contribution in [0.15, 0.2) is 77.7 Å². The molecule has 1 amide bonds. The van der Waals surface area contributed by atoms with Crippen LogP contribution >= 0.6 is 11.3 Å². The molecule has 0 fully saturated rings. The van der Waals surface area contributed by atoms with Gasteiger partial charge in [0.15, 0.2) is 0 Å². The first-order valence-electron chi connectivity index (χ1n) is 10.6. The number of amides is 1. The first-order valence-corrected chi connectivity index (χ1v) is 12.8. The van der Waals surface area contributed by atoms with Crippen LogP contribution in [-0.4, -0.2) is 31.1 Å². The van der Waals surface area contributed by atoms with Crippen LogP contribution in [0, 0.1) is 20.8 Å². The van der Waals surface area contributed by atoms with Gasteiger partial charge in [0.2, 0.25) is 11.0 Å². The Morgan fingerprint density at radius 2 is 1.53 bits per heavy atom. The third kappa shape index (κ3) is 5.32. The number of sulfonamides is 1. The van der Waals surface area contributed by atoms with E-state index in [-0.39, 0.29) is 4.90 Å². The molecule has 0 bridgehead atoms. The standard InChI is InChI=1S/C25H24N4O3S2/c1-17-9-11-20(12-10-17)24-27-28-25(33-24)26-23(30)16-29(21-14-18(2)13-19(3)15-21)34(31,32)22-7-5-4-6-8-22/h4-15H,16H2,1-3H3,(H,26,28,30). The predicted molar refractivity (Wildman–Crippen MR) is 136 cm³/mol. The lowest BCUT2D eigenvalue weighted by Gasteiger charge is -2.24. The van der Waals surface area contributed by atoms with Gasteiger partial charge in [0.05, 0.1) is 10.6 Å². The Labute approximate surface area is 203 Å². The molecule has 7 nitrogen and oxygen atoms in total. The van der Waals surface area contributed by atoms with E-state index in [1.54, 1.807) is 30.3 Å². The highest BCUT2D eigenvalue weighted by Crippen LogP contribution is 2.28. The smallest absolute Gasteiger partial charge is 0.264 e. The molecular formula is C25H24N4O3S2. The van der Waals surface area contributed by atoms with Gasteiger partial charge in [0.25, 0.3) is 10.0 Å². The highest BCUT2D eigenvalue weighted by atomic mass is 32.2. The molecule has 0 saturated heterocycles. The van der Waals surface area contributed by atoms with E-state index in [1.165, 1.54) is 23.5 Å². The maximum Gasteiger partial charge on any atom is 0.264 e. The number of carbonyl (C=O) groups excluding carboxylic acids is 1. The molecule has 0 saturated carbocycles. The van der Waals surface area contributed by atoms with Crippen molar-refractivity contribution in [2.24, 2.45) is 0 Å². The van der Waals surface area contributed by atoms with Gasteiger partial charge in [-0.25, -0.2) is 8.42 Å². The number of hydrogen-bond donors (Lipinski definition) is 1. The lowest BCUT2D eigenvalue weighted by atomic mass is 10.1. The number of benzene rings is 3. The molecule has 34 heavy (non-hydrogen) atoms. The maximum absolute atomic E-state index is 13.5. The van der Waals surface area contributed by atoms with Gasteiger partial charge in [-0.05, 0) is 56.2 Å². The van der Waals surface area contributed by atoms with E-state index in [2.05, 4.69) is 15.5 Å². The highest BCUT2D eigenvalue weighted by Gasteiger charge is 2.28. The van der Waals surface area contributed by atoms with E-state index in [0.29, 0.717) is 15.8 Å². The van der Waals surface area contributed by atoms with Crippen molar-refractivity contribution < 1.29 is 13.2 Å². The van der Waals surface area contributed by atoms with Gasteiger partial charge in [-0.3, -0.25) is 14.4 Å². The second-order valence-electron chi connectivity index (χ2n) is 8.00. The van der Waals surface area contributed by atoms with Gasteiger partial charge in [0, 0.05) is 5.56 Å². The molecule has 0 aliphatic carbocycles. The SMILES string of the molecule is Cc1ccc(-c2nnc(NC(=O)CN(c3cc(C)cc(C)c3)S(=O)(=O)c3ccccc3)s2)cc1. The zero-order valence-corrected chi connectivity index (χ0v) is 20.7. The summed E-state index contributed by atoms with van der Waals surface area (Å²) in [5.41, 5.74) is 4.25. The van der Waals surface area contributed by atoms with E-state index >= 15 is 0 Å². The van der Waals surface area contributed by atoms with Crippen molar-refractivity contribution in [3.05, 3.63) is 89.5 Å². The van der Waals surface area contributed by atoms with Crippen molar-refractivity contribution in [1.82, 2.24) is 10.2 Å². The zero-order chi connectivity index (χ0) is 24.3. The molecule has 4 aromatic rings. The third-order valence-corrected chi connectivity index (χ3v) is 7.76. The average molecular weight is 493 g/mol. The molecule has 0 unspecified atom stereocenters. The molecule has 174 valence electrons. The number of nitrogens with one attached hydrogen (secondary N) is 1. The van der Waals surface area contributed by atoms with Crippen molar-refractivity contribution in [3.63, 3.8) is 0 Å². The van der Waals surface area contributed by atoms with E-state index in [9.17, 15) is 13.2 Å². The third-order valence-electron chi connectivity index (χ3n) is 5.08. The van der Waals surface area contributed by atoms with Crippen LogP contribution in [0.3, 0.4) is 0 Å². The topological polar surface area (TPSA) is 92.3 Å². The minimum Gasteiger partial charge on any atom is -0.299 e.